The second-order valence-electron chi connectivity index (χ2n) is 5.24. The summed E-state index contributed by atoms with van der Waals surface area (Å²) in [5.74, 6) is 2.28. The number of anilines is 2. The van der Waals surface area contributed by atoms with Crippen LogP contribution in [0.5, 0.6) is 0 Å². The highest BCUT2D eigenvalue weighted by Crippen LogP contribution is 2.39. The molecule has 1 aromatic carbocycles. The molecule has 0 saturated heterocycles. The molecule has 2 heterocycles. The molecule has 0 atom stereocenters. The second-order valence-corrected chi connectivity index (χ2v) is 6.06. The van der Waals surface area contributed by atoms with Crippen molar-refractivity contribution in [2.24, 2.45) is 0 Å². The summed E-state index contributed by atoms with van der Waals surface area (Å²) in [7, 11) is 0. The van der Waals surface area contributed by atoms with Gasteiger partial charge in [0.1, 0.15) is 16.2 Å². The third-order valence-electron chi connectivity index (χ3n) is 3.53. The van der Waals surface area contributed by atoms with Crippen molar-refractivity contribution in [1.29, 1.82) is 0 Å². The van der Waals surface area contributed by atoms with Crippen LogP contribution >= 0.6 is 15.9 Å². The summed E-state index contributed by atoms with van der Waals surface area (Å²) < 4.78 is 0.823. The average Bonchev–Trinajstić information content (AvgIpc) is 3.31. The van der Waals surface area contributed by atoms with Gasteiger partial charge in [0.2, 0.25) is 0 Å². The predicted octanol–water partition coefficient (Wildman–Crippen LogP) is 4.41. The lowest BCUT2D eigenvalue weighted by molar-refractivity contribution is 0.919. The lowest BCUT2D eigenvalue weighted by atomic mass is 10.2. The molecule has 0 bridgehead atoms. The largest absolute Gasteiger partial charge is 0.340 e. The van der Waals surface area contributed by atoms with Crippen LogP contribution in [0.3, 0.4) is 0 Å². The maximum absolute atomic E-state index is 4.60. The highest BCUT2D eigenvalue weighted by Gasteiger charge is 2.27. The highest BCUT2D eigenvalue weighted by molar-refractivity contribution is 9.10. The van der Waals surface area contributed by atoms with Crippen LogP contribution < -0.4 is 5.32 Å². The van der Waals surface area contributed by atoms with Gasteiger partial charge >= 0.3 is 0 Å². The first kappa shape index (κ1) is 12.7. The maximum atomic E-state index is 4.60. The standard InChI is InChI=1S/C16H13BrN4/c17-14-9-15(21-16(20-14)10-3-4-10)19-12-5-6-13-11(8-12)2-1-7-18-13/h1-2,5-10H,3-4H2,(H,19,20,21). The summed E-state index contributed by atoms with van der Waals surface area (Å²) >= 11 is 3.46. The Kier molecular flexibility index (Phi) is 3.07. The van der Waals surface area contributed by atoms with E-state index in [1.807, 2.05) is 24.3 Å². The van der Waals surface area contributed by atoms with Gasteiger partial charge in [-0.05, 0) is 53.0 Å². The van der Waals surface area contributed by atoms with E-state index in [-0.39, 0.29) is 0 Å². The Labute approximate surface area is 130 Å². The van der Waals surface area contributed by atoms with Crippen LogP contribution in [0.1, 0.15) is 24.6 Å². The topological polar surface area (TPSA) is 50.7 Å². The molecule has 1 N–H and O–H groups in total. The Morgan fingerprint density at radius 1 is 1.10 bits per heavy atom. The number of rotatable bonds is 3. The molecule has 0 aliphatic heterocycles. The summed E-state index contributed by atoms with van der Waals surface area (Å²) in [5.41, 5.74) is 1.99. The number of fused-ring (bicyclic) bond motifs is 1. The van der Waals surface area contributed by atoms with Crippen molar-refractivity contribution in [2.45, 2.75) is 18.8 Å². The highest BCUT2D eigenvalue weighted by atomic mass is 79.9. The number of benzene rings is 1. The van der Waals surface area contributed by atoms with Gasteiger partial charge < -0.3 is 5.32 Å². The van der Waals surface area contributed by atoms with Crippen LogP contribution in [0.25, 0.3) is 10.9 Å². The molecule has 0 amide bonds. The minimum atomic E-state index is 0.531. The summed E-state index contributed by atoms with van der Waals surface area (Å²) in [6, 6.07) is 12.0. The molecule has 4 nitrogen and oxygen atoms in total. The molecule has 21 heavy (non-hydrogen) atoms. The van der Waals surface area contributed by atoms with Crippen molar-refractivity contribution in [2.75, 3.05) is 5.32 Å². The first-order valence-electron chi connectivity index (χ1n) is 6.94. The number of halogens is 1. The van der Waals surface area contributed by atoms with Gasteiger partial charge in [-0.2, -0.15) is 0 Å². The summed E-state index contributed by atoms with van der Waals surface area (Å²) in [6.45, 7) is 0. The van der Waals surface area contributed by atoms with Gasteiger partial charge in [-0.25, -0.2) is 9.97 Å². The predicted molar refractivity (Wildman–Crippen MR) is 86.7 cm³/mol. The molecule has 1 aliphatic rings. The number of aromatic nitrogens is 3. The molecule has 0 radical (unpaired) electrons. The van der Waals surface area contributed by atoms with E-state index in [4.69, 9.17) is 0 Å². The van der Waals surface area contributed by atoms with E-state index >= 15 is 0 Å². The molecular formula is C16H13BrN4. The van der Waals surface area contributed by atoms with Gasteiger partial charge in [0.05, 0.1) is 5.52 Å². The van der Waals surface area contributed by atoms with E-state index in [0.29, 0.717) is 5.92 Å². The number of nitrogens with one attached hydrogen (secondary N) is 1. The fraction of sp³-hybridized carbons (Fsp3) is 0.188. The Morgan fingerprint density at radius 2 is 2.00 bits per heavy atom. The molecular weight excluding hydrogens is 328 g/mol. The van der Waals surface area contributed by atoms with E-state index in [1.54, 1.807) is 6.20 Å². The molecule has 2 aromatic heterocycles. The molecule has 0 unspecified atom stereocenters. The molecule has 1 aliphatic carbocycles. The van der Waals surface area contributed by atoms with E-state index in [0.717, 1.165) is 32.8 Å². The molecule has 4 rings (SSSR count). The van der Waals surface area contributed by atoms with E-state index in [1.165, 1.54) is 12.8 Å². The van der Waals surface area contributed by atoms with E-state index in [9.17, 15) is 0 Å². The summed E-state index contributed by atoms with van der Waals surface area (Å²) in [5, 5.41) is 4.46. The SMILES string of the molecule is Brc1cc(Nc2ccc3ncccc3c2)nc(C2CC2)n1. The Hall–Kier alpha value is -2.01. The second kappa shape index (κ2) is 5.07. The normalized spacial score (nSPS) is 14.3. The Balaban J connectivity index is 1.67. The number of pyridine rings is 1. The fourth-order valence-corrected chi connectivity index (χ4v) is 2.72. The zero-order valence-electron chi connectivity index (χ0n) is 11.3. The quantitative estimate of drug-likeness (QED) is 0.717. The zero-order valence-corrected chi connectivity index (χ0v) is 12.8. The molecule has 104 valence electrons. The van der Waals surface area contributed by atoms with Crippen LogP contribution in [0.4, 0.5) is 11.5 Å². The third-order valence-corrected chi connectivity index (χ3v) is 3.94. The van der Waals surface area contributed by atoms with Crippen molar-refractivity contribution in [3.8, 4) is 0 Å². The van der Waals surface area contributed by atoms with Gasteiger partial charge in [0.15, 0.2) is 0 Å². The third kappa shape index (κ3) is 2.74. The molecule has 0 spiro atoms. The lowest BCUT2D eigenvalue weighted by Crippen LogP contribution is -1.99. The van der Waals surface area contributed by atoms with E-state index < -0.39 is 0 Å². The fourth-order valence-electron chi connectivity index (χ4n) is 2.32. The molecule has 3 aromatic rings. The first-order valence-corrected chi connectivity index (χ1v) is 7.73. The van der Waals surface area contributed by atoms with Gasteiger partial charge in [-0.1, -0.05) is 6.07 Å². The lowest BCUT2D eigenvalue weighted by Gasteiger charge is -2.08. The monoisotopic (exact) mass is 340 g/mol. The summed E-state index contributed by atoms with van der Waals surface area (Å²) in [4.78, 5) is 13.4. The smallest absolute Gasteiger partial charge is 0.135 e. The van der Waals surface area contributed by atoms with Crippen LogP contribution in [0.2, 0.25) is 0 Å². The van der Waals surface area contributed by atoms with Crippen molar-refractivity contribution in [3.63, 3.8) is 0 Å². The van der Waals surface area contributed by atoms with Crippen LogP contribution in [0.15, 0.2) is 47.2 Å². The maximum Gasteiger partial charge on any atom is 0.135 e. The number of hydrogen-bond donors (Lipinski definition) is 1. The average molecular weight is 341 g/mol. The Bertz CT molecular complexity index is 814. The molecule has 1 fully saturated rings. The molecule has 1 saturated carbocycles. The van der Waals surface area contributed by atoms with Crippen LogP contribution in [0, 0.1) is 0 Å². The molecule has 5 heteroatoms. The summed E-state index contributed by atoms with van der Waals surface area (Å²) in [6.07, 6.45) is 4.19. The Morgan fingerprint density at radius 3 is 2.86 bits per heavy atom. The van der Waals surface area contributed by atoms with Gasteiger partial charge in [-0.3, -0.25) is 4.98 Å². The minimum Gasteiger partial charge on any atom is -0.340 e. The number of hydrogen-bond acceptors (Lipinski definition) is 4. The van der Waals surface area contributed by atoms with Gasteiger partial charge in [0, 0.05) is 29.3 Å². The first-order chi connectivity index (χ1) is 10.3. The van der Waals surface area contributed by atoms with E-state index in [2.05, 4.69) is 48.3 Å². The zero-order chi connectivity index (χ0) is 14.2. The van der Waals surface area contributed by atoms with Gasteiger partial charge in [-0.15, -0.1) is 0 Å². The van der Waals surface area contributed by atoms with Crippen molar-refractivity contribution in [3.05, 3.63) is 53.0 Å². The van der Waals surface area contributed by atoms with Crippen molar-refractivity contribution >= 4 is 38.3 Å². The number of nitrogens with zero attached hydrogens (tertiary/aromatic N) is 3. The minimum absolute atomic E-state index is 0.531. The van der Waals surface area contributed by atoms with Crippen LogP contribution in [-0.4, -0.2) is 15.0 Å². The van der Waals surface area contributed by atoms with Crippen molar-refractivity contribution < 1.29 is 0 Å². The van der Waals surface area contributed by atoms with Gasteiger partial charge in [0.25, 0.3) is 0 Å². The van der Waals surface area contributed by atoms with Crippen LogP contribution in [-0.2, 0) is 0 Å². The van der Waals surface area contributed by atoms with Crippen molar-refractivity contribution in [1.82, 2.24) is 15.0 Å².